The third-order valence-corrected chi connectivity index (χ3v) is 4.10. The van der Waals surface area contributed by atoms with Gasteiger partial charge in [0.2, 0.25) is 5.91 Å². The second-order valence-electron chi connectivity index (χ2n) is 5.61. The van der Waals surface area contributed by atoms with Gasteiger partial charge in [0.05, 0.1) is 11.4 Å². The zero-order valence-electron chi connectivity index (χ0n) is 14.1. The summed E-state index contributed by atoms with van der Waals surface area (Å²) < 4.78 is 26.3. The van der Waals surface area contributed by atoms with Crippen molar-refractivity contribution >= 4 is 17.5 Å². The molecule has 0 saturated carbocycles. The maximum atomic E-state index is 12.9. The summed E-state index contributed by atoms with van der Waals surface area (Å²) in [6, 6.07) is 10.3. The third-order valence-electron chi connectivity index (χ3n) is 3.85. The van der Waals surface area contributed by atoms with Gasteiger partial charge in [0.25, 0.3) is 0 Å². The van der Waals surface area contributed by atoms with Crippen LogP contribution in [0.2, 0.25) is 5.02 Å². The van der Waals surface area contributed by atoms with Gasteiger partial charge in [-0.05, 0) is 35.9 Å². The summed E-state index contributed by atoms with van der Waals surface area (Å²) in [5, 5.41) is 7.18. The van der Waals surface area contributed by atoms with Crippen molar-refractivity contribution in [3.05, 3.63) is 72.0 Å². The number of benzene rings is 1. The average molecular weight is 389 g/mol. The number of nitrogens with one attached hydrogen (secondary N) is 1. The first kappa shape index (κ1) is 18.7. The summed E-state index contributed by atoms with van der Waals surface area (Å²) in [6.07, 6.45) is 3.94. The highest BCUT2D eigenvalue weighted by Gasteiger charge is 2.14. The molecule has 1 N–H and O–H groups in total. The van der Waals surface area contributed by atoms with Crippen LogP contribution in [0.3, 0.4) is 0 Å². The Kier molecular flexibility index (Phi) is 5.61. The summed E-state index contributed by atoms with van der Waals surface area (Å²) in [7, 11) is 0. The molecule has 3 aromatic rings. The van der Waals surface area contributed by atoms with Crippen LogP contribution >= 0.6 is 11.6 Å². The van der Waals surface area contributed by atoms with Gasteiger partial charge in [-0.2, -0.15) is 13.9 Å². The van der Waals surface area contributed by atoms with Crippen LogP contribution in [-0.4, -0.2) is 20.7 Å². The second kappa shape index (κ2) is 8.09. The molecular formula is C19H15ClF2N4O. The smallest absolute Gasteiger partial charge is 0.333 e. The molecule has 1 amide bonds. The number of alkyl halides is 2. The lowest BCUT2D eigenvalue weighted by Gasteiger charge is -2.11. The van der Waals surface area contributed by atoms with Gasteiger partial charge < -0.3 is 5.32 Å². The normalized spacial score (nSPS) is 10.8. The minimum absolute atomic E-state index is 0.162. The van der Waals surface area contributed by atoms with Crippen LogP contribution in [0.4, 0.5) is 8.78 Å². The van der Waals surface area contributed by atoms with Crippen LogP contribution in [0.15, 0.2) is 61.4 Å². The van der Waals surface area contributed by atoms with E-state index in [2.05, 4.69) is 22.0 Å². The maximum Gasteiger partial charge on any atom is 0.333 e. The van der Waals surface area contributed by atoms with E-state index in [0.29, 0.717) is 32.2 Å². The molecule has 0 aliphatic heterocycles. The fourth-order valence-electron chi connectivity index (χ4n) is 2.49. The Hall–Kier alpha value is -3.06. The molecule has 0 saturated heterocycles. The summed E-state index contributed by atoms with van der Waals surface area (Å²) in [5.74, 6) is -0.346. The molecule has 0 fully saturated rings. The Morgan fingerprint density at radius 2 is 2.00 bits per heavy atom. The van der Waals surface area contributed by atoms with Crippen molar-refractivity contribution in [1.29, 1.82) is 0 Å². The maximum absolute atomic E-state index is 12.9. The van der Waals surface area contributed by atoms with E-state index in [9.17, 15) is 13.6 Å². The highest BCUT2D eigenvalue weighted by molar-refractivity contribution is 6.30. The van der Waals surface area contributed by atoms with Crippen molar-refractivity contribution in [3.8, 4) is 22.5 Å². The van der Waals surface area contributed by atoms with Gasteiger partial charge in [0.1, 0.15) is 0 Å². The number of carbonyl (C=O) groups excluding carboxylic acids is 1. The molecule has 1 aromatic carbocycles. The first-order valence-corrected chi connectivity index (χ1v) is 8.34. The number of halogens is 3. The molecule has 0 unspecified atom stereocenters. The van der Waals surface area contributed by atoms with Crippen LogP contribution in [0.1, 0.15) is 12.1 Å². The predicted octanol–water partition coefficient (Wildman–Crippen LogP) is 4.46. The van der Waals surface area contributed by atoms with Gasteiger partial charge in [-0.1, -0.05) is 30.3 Å². The standard InChI is InChI=1S/C19H15ClF2N4O/c1-2-18(27)24-11-13-10-23-17(12-3-5-14(20)6-4-12)9-15(13)16-7-8-26(25-16)19(21)22/h2-10,19H,1,11H2,(H,24,27). The number of pyridine rings is 1. The van der Waals surface area contributed by atoms with Gasteiger partial charge in [-0.25, -0.2) is 4.68 Å². The van der Waals surface area contributed by atoms with E-state index in [1.54, 1.807) is 24.4 Å². The minimum atomic E-state index is -2.74. The number of aromatic nitrogens is 3. The van der Waals surface area contributed by atoms with Crippen molar-refractivity contribution in [2.75, 3.05) is 0 Å². The average Bonchev–Trinajstić information content (AvgIpc) is 3.17. The largest absolute Gasteiger partial charge is 0.348 e. The molecule has 0 aliphatic carbocycles. The van der Waals surface area contributed by atoms with Crippen molar-refractivity contribution in [1.82, 2.24) is 20.1 Å². The third kappa shape index (κ3) is 4.38. The number of hydrogen-bond donors (Lipinski definition) is 1. The Morgan fingerprint density at radius 1 is 1.26 bits per heavy atom. The van der Waals surface area contributed by atoms with E-state index >= 15 is 0 Å². The number of carbonyl (C=O) groups is 1. The van der Waals surface area contributed by atoms with E-state index in [4.69, 9.17) is 11.6 Å². The monoisotopic (exact) mass is 388 g/mol. The lowest BCUT2D eigenvalue weighted by Crippen LogP contribution is -2.20. The van der Waals surface area contributed by atoms with Crippen LogP contribution in [0, 0.1) is 0 Å². The Morgan fingerprint density at radius 3 is 2.63 bits per heavy atom. The van der Waals surface area contributed by atoms with Crippen LogP contribution in [0.25, 0.3) is 22.5 Å². The highest BCUT2D eigenvalue weighted by atomic mass is 35.5. The van der Waals surface area contributed by atoms with Gasteiger partial charge in [-0.3, -0.25) is 9.78 Å². The molecule has 3 rings (SSSR count). The number of nitrogens with zero attached hydrogens (tertiary/aromatic N) is 3. The lowest BCUT2D eigenvalue weighted by molar-refractivity contribution is -0.116. The van der Waals surface area contributed by atoms with Crippen molar-refractivity contribution in [2.45, 2.75) is 13.1 Å². The molecular weight excluding hydrogens is 374 g/mol. The predicted molar refractivity (Wildman–Crippen MR) is 99.2 cm³/mol. The van der Waals surface area contributed by atoms with Crippen molar-refractivity contribution in [3.63, 3.8) is 0 Å². The summed E-state index contributed by atoms with van der Waals surface area (Å²) in [4.78, 5) is 15.9. The summed E-state index contributed by atoms with van der Waals surface area (Å²) in [6.45, 7) is 0.826. The molecule has 0 spiro atoms. The van der Waals surface area contributed by atoms with Crippen LogP contribution < -0.4 is 5.32 Å². The van der Waals surface area contributed by atoms with Crippen LogP contribution in [-0.2, 0) is 11.3 Å². The molecule has 5 nitrogen and oxygen atoms in total. The number of hydrogen-bond acceptors (Lipinski definition) is 3. The summed E-state index contributed by atoms with van der Waals surface area (Å²) >= 11 is 5.92. The van der Waals surface area contributed by atoms with E-state index in [1.807, 2.05) is 12.1 Å². The van der Waals surface area contributed by atoms with Gasteiger partial charge >= 0.3 is 6.55 Å². The molecule has 138 valence electrons. The molecule has 0 bridgehead atoms. The van der Waals surface area contributed by atoms with Crippen molar-refractivity contribution in [2.24, 2.45) is 0 Å². The SMILES string of the molecule is C=CC(=O)NCc1cnc(-c2ccc(Cl)cc2)cc1-c1ccn(C(F)F)n1. The molecule has 27 heavy (non-hydrogen) atoms. The molecule has 0 radical (unpaired) electrons. The fourth-order valence-corrected chi connectivity index (χ4v) is 2.61. The molecule has 0 aliphatic rings. The van der Waals surface area contributed by atoms with Gasteiger partial charge in [0.15, 0.2) is 0 Å². The zero-order chi connectivity index (χ0) is 19.4. The van der Waals surface area contributed by atoms with E-state index in [1.165, 1.54) is 12.3 Å². The number of rotatable bonds is 6. The highest BCUT2D eigenvalue weighted by Crippen LogP contribution is 2.28. The first-order valence-electron chi connectivity index (χ1n) is 7.96. The van der Waals surface area contributed by atoms with Gasteiger partial charge in [0, 0.05) is 35.1 Å². The molecule has 2 aromatic heterocycles. The molecule has 8 heteroatoms. The van der Waals surface area contributed by atoms with E-state index in [-0.39, 0.29) is 12.5 Å². The molecule has 2 heterocycles. The van der Waals surface area contributed by atoms with Gasteiger partial charge in [-0.15, -0.1) is 0 Å². The fraction of sp³-hybridized carbons (Fsp3) is 0.105. The van der Waals surface area contributed by atoms with E-state index in [0.717, 1.165) is 11.6 Å². The van der Waals surface area contributed by atoms with Crippen LogP contribution in [0.5, 0.6) is 0 Å². The lowest BCUT2D eigenvalue weighted by atomic mass is 10.0. The van der Waals surface area contributed by atoms with Crippen molar-refractivity contribution < 1.29 is 13.6 Å². The second-order valence-corrected chi connectivity index (χ2v) is 6.05. The Labute approximate surface area is 159 Å². The topological polar surface area (TPSA) is 59.8 Å². The quantitative estimate of drug-likeness (QED) is 0.634. The zero-order valence-corrected chi connectivity index (χ0v) is 14.8. The van der Waals surface area contributed by atoms with E-state index < -0.39 is 6.55 Å². The first-order chi connectivity index (χ1) is 13.0. The Bertz CT molecular complexity index is 970. The Balaban J connectivity index is 2.03. The minimum Gasteiger partial charge on any atom is -0.348 e. The number of amides is 1. The molecule has 0 atom stereocenters. The summed E-state index contributed by atoms with van der Waals surface area (Å²) in [5.41, 5.74) is 3.04.